The van der Waals surface area contributed by atoms with Crippen LogP contribution >= 0.6 is 23.2 Å². The minimum atomic E-state index is -0.281. The van der Waals surface area contributed by atoms with E-state index in [9.17, 15) is 4.79 Å². The molecule has 1 atom stereocenters. The van der Waals surface area contributed by atoms with E-state index in [1.54, 1.807) is 30.6 Å². The summed E-state index contributed by atoms with van der Waals surface area (Å²) in [7, 11) is 0. The lowest BCUT2D eigenvalue weighted by Crippen LogP contribution is -2.29. The number of rotatable bonds is 4. The first-order chi connectivity index (χ1) is 11.6. The second-order valence-electron chi connectivity index (χ2n) is 5.23. The standard InChI is InChI=1S/C19H14Cl2N2O/c20-16-7-6-15(12-17(16)21)19(24)23-18(13-4-2-1-3-5-13)14-8-10-22-11-9-14/h1-12,18H,(H,23,24)/t18-/m1/s1. The number of amides is 1. The van der Waals surface area contributed by atoms with Gasteiger partial charge in [-0.15, -0.1) is 0 Å². The Labute approximate surface area is 150 Å². The largest absolute Gasteiger partial charge is 0.341 e. The van der Waals surface area contributed by atoms with Gasteiger partial charge in [0.1, 0.15) is 0 Å². The summed E-state index contributed by atoms with van der Waals surface area (Å²) in [6.45, 7) is 0. The van der Waals surface area contributed by atoms with Crippen LogP contribution in [0.15, 0.2) is 73.1 Å². The van der Waals surface area contributed by atoms with Crippen molar-refractivity contribution in [3.8, 4) is 0 Å². The SMILES string of the molecule is O=C(N[C@H](c1ccccc1)c1ccncc1)c1ccc(Cl)c(Cl)c1. The molecule has 0 aliphatic rings. The van der Waals surface area contributed by atoms with Crippen molar-refractivity contribution in [2.24, 2.45) is 0 Å². The number of pyridine rings is 1. The van der Waals surface area contributed by atoms with Crippen LogP contribution in [0.5, 0.6) is 0 Å². The van der Waals surface area contributed by atoms with Gasteiger partial charge in [0.25, 0.3) is 5.91 Å². The molecule has 1 heterocycles. The van der Waals surface area contributed by atoms with Crippen LogP contribution in [0.1, 0.15) is 27.5 Å². The summed E-state index contributed by atoms with van der Waals surface area (Å²) in [5.41, 5.74) is 2.39. The zero-order chi connectivity index (χ0) is 16.9. The average molecular weight is 357 g/mol. The molecule has 1 amide bonds. The third-order valence-corrected chi connectivity index (χ3v) is 4.37. The summed E-state index contributed by atoms with van der Waals surface area (Å²) in [6.07, 6.45) is 3.41. The van der Waals surface area contributed by atoms with Crippen LogP contribution in [0.4, 0.5) is 0 Å². The molecule has 3 aromatic rings. The molecule has 0 radical (unpaired) electrons. The maximum Gasteiger partial charge on any atom is 0.252 e. The number of aromatic nitrogens is 1. The third kappa shape index (κ3) is 3.75. The molecule has 5 heteroatoms. The van der Waals surface area contributed by atoms with E-state index in [4.69, 9.17) is 23.2 Å². The Morgan fingerprint density at radius 1 is 0.875 bits per heavy atom. The van der Waals surface area contributed by atoms with Crippen molar-refractivity contribution in [3.05, 3.63) is 99.8 Å². The Balaban J connectivity index is 1.92. The first kappa shape index (κ1) is 16.5. The van der Waals surface area contributed by atoms with Crippen molar-refractivity contribution >= 4 is 29.1 Å². The molecule has 0 fully saturated rings. The second-order valence-corrected chi connectivity index (χ2v) is 6.04. The number of carbonyl (C=O) groups excluding carboxylic acids is 1. The second kappa shape index (κ2) is 7.47. The fourth-order valence-electron chi connectivity index (χ4n) is 2.41. The maximum atomic E-state index is 12.6. The van der Waals surface area contributed by atoms with Gasteiger partial charge in [-0.1, -0.05) is 53.5 Å². The van der Waals surface area contributed by atoms with Crippen LogP contribution in [0.2, 0.25) is 10.0 Å². The van der Waals surface area contributed by atoms with E-state index in [0.717, 1.165) is 11.1 Å². The molecule has 2 aromatic carbocycles. The lowest BCUT2D eigenvalue weighted by Gasteiger charge is -2.20. The van der Waals surface area contributed by atoms with E-state index in [1.807, 2.05) is 42.5 Å². The molecule has 0 aliphatic heterocycles. The summed E-state index contributed by atoms with van der Waals surface area (Å²) in [6, 6.07) is 18.1. The average Bonchev–Trinajstić information content (AvgIpc) is 2.63. The molecule has 120 valence electrons. The predicted octanol–water partition coefficient (Wildman–Crippen LogP) is 4.91. The predicted molar refractivity (Wildman–Crippen MR) is 96.5 cm³/mol. The molecule has 0 saturated heterocycles. The normalized spacial score (nSPS) is 11.8. The summed E-state index contributed by atoms with van der Waals surface area (Å²) < 4.78 is 0. The van der Waals surface area contributed by atoms with Crippen molar-refractivity contribution in [3.63, 3.8) is 0 Å². The van der Waals surface area contributed by atoms with Crippen LogP contribution in [0.25, 0.3) is 0 Å². The number of halogens is 2. The molecule has 1 aromatic heterocycles. The van der Waals surface area contributed by atoms with Gasteiger partial charge in [0.05, 0.1) is 16.1 Å². The topological polar surface area (TPSA) is 42.0 Å². The van der Waals surface area contributed by atoms with E-state index >= 15 is 0 Å². The molecule has 0 saturated carbocycles. The van der Waals surface area contributed by atoms with Crippen molar-refractivity contribution in [1.29, 1.82) is 0 Å². The van der Waals surface area contributed by atoms with Gasteiger partial charge in [0, 0.05) is 18.0 Å². The number of hydrogen-bond acceptors (Lipinski definition) is 2. The van der Waals surface area contributed by atoms with Gasteiger partial charge in [-0.05, 0) is 41.5 Å². The van der Waals surface area contributed by atoms with Crippen LogP contribution in [0, 0.1) is 0 Å². The van der Waals surface area contributed by atoms with Gasteiger partial charge in [0.15, 0.2) is 0 Å². The molecule has 3 nitrogen and oxygen atoms in total. The van der Waals surface area contributed by atoms with Crippen molar-refractivity contribution in [2.75, 3.05) is 0 Å². The van der Waals surface area contributed by atoms with Crippen LogP contribution in [0.3, 0.4) is 0 Å². The number of benzene rings is 2. The third-order valence-electron chi connectivity index (χ3n) is 3.63. The van der Waals surface area contributed by atoms with Crippen LogP contribution in [-0.2, 0) is 0 Å². The highest BCUT2D eigenvalue weighted by Gasteiger charge is 2.18. The summed E-state index contributed by atoms with van der Waals surface area (Å²) in [5.74, 6) is -0.223. The maximum absolute atomic E-state index is 12.6. The van der Waals surface area contributed by atoms with Gasteiger partial charge in [-0.25, -0.2) is 0 Å². The van der Waals surface area contributed by atoms with Crippen molar-refractivity contribution in [1.82, 2.24) is 10.3 Å². The molecule has 0 aliphatic carbocycles. The van der Waals surface area contributed by atoms with Crippen molar-refractivity contribution < 1.29 is 4.79 Å². The molecular weight excluding hydrogens is 343 g/mol. The lowest BCUT2D eigenvalue weighted by atomic mass is 9.99. The summed E-state index contributed by atoms with van der Waals surface area (Å²) >= 11 is 11.9. The number of nitrogens with zero attached hydrogens (tertiary/aromatic N) is 1. The van der Waals surface area contributed by atoms with E-state index in [-0.39, 0.29) is 11.9 Å². The number of carbonyl (C=O) groups is 1. The van der Waals surface area contributed by atoms with Crippen LogP contribution in [-0.4, -0.2) is 10.9 Å². The Bertz CT molecular complexity index is 799. The first-order valence-electron chi connectivity index (χ1n) is 7.36. The Hall–Kier alpha value is -2.36. The molecule has 1 N–H and O–H groups in total. The van der Waals surface area contributed by atoms with E-state index in [0.29, 0.717) is 15.6 Å². The highest BCUT2D eigenvalue weighted by Crippen LogP contribution is 2.25. The zero-order valence-corrected chi connectivity index (χ0v) is 14.1. The summed E-state index contributed by atoms with van der Waals surface area (Å²) in [5, 5.41) is 3.81. The highest BCUT2D eigenvalue weighted by molar-refractivity contribution is 6.42. The van der Waals surface area contributed by atoms with Gasteiger partial charge >= 0.3 is 0 Å². The van der Waals surface area contributed by atoms with E-state index in [2.05, 4.69) is 10.3 Å². The first-order valence-corrected chi connectivity index (χ1v) is 8.11. The Morgan fingerprint density at radius 2 is 1.54 bits per heavy atom. The minimum Gasteiger partial charge on any atom is -0.341 e. The fourth-order valence-corrected chi connectivity index (χ4v) is 2.71. The molecule has 0 bridgehead atoms. The molecule has 3 rings (SSSR count). The molecular formula is C19H14Cl2N2O. The van der Waals surface area contributed by atoms with Gasteiger partial charge in [-0.2, -0.15) is 0 Å². The van der Waals surface area contributed by atoms with E-state index in [1.165, 1.54) is 0 Å². The monoisotopic (exact) mass is 356 g/mol. The molecule has 24 heavy (non-hydrogen) atoms. The Kier molecular flexibility index (Phi) is 5.14. The van der Waals surface area contributed by atoms with E-state index < -0.39 is 0 Å². The Morgan fingerprint density at radius 3 is 2.21 bits per heavy atom. The number of nitrogens with one attached hydrogen (secondary N) is 1. The highest BCUT2D eigenvalue weighted by atomic mass is 35.5. The van der Waals surface area contributed by atoms with Crippen LogP contribution < -0.4 is 5.32 Å². The van der Waals surface area contributed by atoms with Gasteiger partial charge in [0.2, 0.25) is 0 Å². The number of hydrogen-bond donors (Lipinski definition) is 1. The zero-order valence-electron chi connectivity index (χ0n) is 12.6. The lowest BCUT2D eigenvalue weighted by molar-refractivity contribution is 0.0943. The van der Waals surface area contributed by atoms with Gasteiger partial charge < -0.3 is 5.32 Å². The van der Waals surface area contributed by atoms with Crippen molar-refractivity contribution in [2.45, 2.75) is 6.04 Å². The molecule has 0 unspecified atom stereocenters. The fraction of sp³-hybridized carbons (Fsp3) is 0.0526. The van der Waals surface area contributed by atoms with Gasteiger partial charge in [-0.3, -0.25) is 9.78 Å². The quantitative estimate of drug-likeness (QED) is 0.721. The minimum absolute atomic E-state index is 0.223. The smallest absolute Gasteiger partial charge is 0.252 e. The molecule has 0 spiro atoms. The summed E-state index contributed by atoms with van der Waals surface area (Å²) in [4.78, 5) is 16.7.